The number of rotatable bonds is 7. The SMILES string of the molecule is CCC1CN(c2nc(N/N=C/c3ccc(Nc4cccc(C(F)(F)F)c4)cn3)ncc2F)CCO1. The van der Waals surface area contributed by atoms with Crippen LogP contribution in [0.3, 0.4) is 0 Å². The monoisotopic (exact) mass is 489 g/mol. The molecule has 1 fully saturated rings. The van der Waals surface area contributed by atoms with Crippen LogP contribution in [-0.2, 0) is 10.9 Å². The summed E-state index contributed by atoms with van der Waals surface area (Å²) in [4.78, 5) is 14.2. The van der Waals surface area contributed by atoms with Gasteiger partial charge in [-0.25, -0.2) is 14.8 Å². The van der Waals surface area contributed by atoms with E-state index in [4.69, 9.17) is 4.74 Å². The Morgan fingerprint density at radius 1 is 1.17 bits per heavy atom. The van der Waals surface area contributed by atoms with E-state index in [1.165, 1.54) is 24.5 Å². The van der Waals surface area contributed by atoms with Crippen LogP contribution in [0.1, 0.15) is 24.6 Å². The second-order valence-corrected chi connectivity index (χ2v) is 7.76. The summed E-state index contributed by atoms with van der Waals surface area (Å²) in [6.45, 7) is 3.57. The molecule has 0 amide bonds. The summed E-state index contributed by atoms with van der Waals surface area (Å²) in [6, 6.07) is 8.18. The molecule has 1 atom stereocenters. The lowest BCUT2D eigenvalue weighted by atomic mass is 10.2. The molecule has 184 valence electrons. The number of morpholine rings is 1. The summed E-state index contributed by atoms with van der Waals surface area (Å²) < 4.78 is 58.5. The Labute approximate surface area is 199 Å². The molecule has 0 radical (unpaired) electrons. The van der Waals surface area contributed by atoms with Gasteiger partial charge in [0.05, 0.1) is 48.3 Å². The van der Waals surface area contributed by atoms with Gasteiger partial charge < -0.3 is 15.0 Å². The van der Waals surface area contributed by atoms with Crippen LogP contribution in [0.4, 0.5) is 40.7 Å². The summed E-state index contributed by atoms with van der Waals surface area (Å²) in [5.74, 6) is -0.218. The van der Waals surface area contributed by atoms with Crippen molar-refractivity contribution in [3.05, 3.63) is 65.9 Å². The molecule has 0 saturated carbocycles. The molecule has 12 heteroatoms. The fourth-order valence-electron chi connectivity index (χ4n) is 3.44. The van der Waals surface area contributed by atoms with Crippen molar-refractivity contribution in [3.63, 3.8) is 0 Å². The third-order valence-corrected chi connectivity index (χ3v) is 5.25. The normalized spacial score (nSPS) is 16.5. The largest absolute Gasteiger partial charge is 0.416 e. The lowest BCUT2D eigenvalue weighted by molar-refractivity contribution is -0.137. The van der Waals surface area contributed by atoms with Crippen LogP contribution in [0.15, 0.2) is 53.9 Å². The molecule has 8 nitrogen and oxygen atoms in total. The van der Waals surface area contributed by atoms with Gasteiger partial charge in [0.15, 0.2) is 11.6 Å². The Hall–Kier alpha value is -3.80. The highest BCUT2D eigenvalue weighted by atomic mass is 19.4. The fourth-order valence-corrected chi connectivity index (χ4v) is 3.44. The molecule has 3 aromatic rings. The number of hydrogen-bond acceptors (Lipinski definition) is 8. The minimum atomic E-state index is -4.42. The van der Waals surface area contributed by atoms with Crippen molar-refractivity contribution in [2.75, 3.05) is 35.3 Å². The summed E-state index contributed by atoms with van der Waals surface area (Å²) in [5, 5.41) is 6.92. The number of anilines is 4. The topological polar surface area (TPSA) is 87.6 Å². The van der Waals surface area contributed by atoms with E-state index in [2.05, 4.69) is 30.8 Å². The number of hydrogen-bond donors (Lipinski definition) is 2. The zero-order chi connectivity index (χ0) is 24.8. The summed E-state index contributed by atoms with van der Waals surface area (Å²) in [6.07, 6.45) is 0.394. The third-order valence-electron chi connectivity index (χ3n) is 5.25. The number of aromatic nitrogens is 3. The van der Waals surface area contributed by atoms with Crippen molar-refractivity contribution in [3.8, 4) is 0 Å². The second kappa shape index (κ2) is 10.6. The lowest BCUT2D eigenvalue weighted by Gasteiger charge is -2.33. The molecule has 3 heterocycles. The molecular weight excluding hydrogens is 466 g/mol. The number of hydrazone groups is 1. The van der Waals surface area contributed by atoms with Crippen molar-refractivity contribution in [2.45, 2.75) is 25.6 Å². The number of nitrogens with zero attached hydrogens (tertiary/aromatic N) is 5. The first-order valence-electron chi connectivity index (χ1n) is 10.9. The van der Waals surface area contributed by atoms with Crippen molar-refractivity contribution in [1.82, 2.24) is 15.0 Å². The van der Waals surface area contributed by atoms with Gasteiger partial charge in [0.1, 0.15) is 0 Å². The van der Waals surface area contributed by atoms with Gasteiger partial charge in [-0.05, 0) is 36.8 Å². The maximum atomic E-state index is 14.3. The molecule has 0 aliphatic carbocycles. The van der Waals surface area contributed by atoms with Gasteiger partial charge in [-0.1, -0.05) is 13.0 Å². The van der Waals surface area contributed by atoms with Crippen molar-refractivity contribution < 1.29 is 22.3 Å². The van der Waals surface area contributed by atoms with Crippen molar-refractivity contribution in [2.24, 2.45) is 5.10 Å². The highest BCUT2D eigenvalue weighted by Crippen LogP contribution is 2.31. The third kappa shape index (κ3) is 6.41. The molecule has 1 saturated heterocycles. The number of nitrogens with one attached hydrogen (secondary N) is 2. The standard InChI is InChI=1S/C23H23F4N7O/c1-2-19-14-34(8-9-35-19)21-20(24)13-29-22(32-21)33-30-12-17-6-7-18(11-28-17)31-16-5-3-4-15(10-16)23(25,26)27/h3-7,10-13,19,31H,2,8-9,14H2,1H3,(H,29,32,33)/b30-12+. The molecule has 35 heavy (non-hydrogen) atoms. The predicted molar refractivity (Wildman–Crippen MR) is 124 cm³/mol. The Kier molecular flexibility index (Phi) is 7.39. The zero-order valence-electron chi connectivity index (χ0n) is 18.8. The molecule has 4 rings (SSSR count). The van der Waals surface area contributed by atoms with E-state index in [0.29, 0.717) is 36.8 Å². The van der Waals surface area contributed by atoms with Gasteiger partial charge in [-0.3, -0.25) is 4.98 Å². The van der Waals surface area contributed by atoms with Crippen LogP contribution in [-0.4, -0.2) is 47.0 Å². The molecule has 1 unspecified atom stereocenters. The number of alkyl halides is 3. The van der Waals surface area contributed by atoms with Gasteiger partial charge in [0, 0.05) is 18.8 Å². The van der Waals surface area contributed by atoms with Gasteiger partial charge in [-0.15, -0.1) is 0 Å². The van der Waals surface area contributed by atoms with E-state index in [1.54, 1.807) is 12.1 Å². The average molecular weight is 489 g/mol. The van der Waals surface area contributed by atoms with Crippen molar-refractivity contribution in [1.29, 1.82) is 0 Å². The van der Waals surface area contributed by atoms with E-state index >= 15 is 0 Å². The molecule has 0 spiro atoms. The lowest BCUT2D eigenvalue weighted by Crippen LogP contribution is -2.43. The first-order valence-corrected chi connectivity index (χ1v) is 10.9. The minimum Gasteiger partial charge on any atom is -0.375 e. The van der Waals surface area contributed by atoms with E-state index in [0.717, 1.165) is 24.8 Å². The minimum absolute atomic E-state index is 0.0182. The summed E-state index contributed by atoms with van der Waals surface area (Å²) in [5.41, 5.74) is 3.20. The van der Waals surface area contributed by atoms with Crippen LogP contribution in [0.5, 0.6) is 0 Å². The Bertz CT molecular complexity index is 1170. The zero-order valence-corrected chi connectivity index (χ0v) is 18.8. The number of pyridine rings is 1. The summed E-state index contributed by atoms with van der Waals surface area (Å²) in [7, 11) is 0. The second-order valence-electron chi connectivity index (χ2n) is 7.76. The molecule has 2 N–H and O–H groups in total. The predicted octanol–water partition coefficient (Wildman–Crippen LogP) is 4.83. The summed E-state index contributed by atoms with van der Waals surface area (Å²) >= 11 is 0. The molecular formula is C23H23F4N7O. The molecule has 2 aromatic heterocycles. The first-order chi connectivity index (χ1) is 16.8. The van der Waals surface area contributed by atoms with Crippen LogP contribution in [0, 0.1) is 5.82 Å². The van der Waals surface area contributed by atoms with Gasteiger partial charge in [0.2, 0.25) is 5.95 Å². The molecule has 1 aliphatic rings. The average Bonchev–Trinajstić information content (AvgIpc) is 2.86. The highest BCUT2D eigenvalue weighted by Gasteiger charge is 2.30. The van der Waals surface area contributed by atoms with E-state index in [9.17, 15) is 17.6 Å². The molecule has 0 bridgehead atoms. The molecule has 1 aromatic carbocycles. The van der Waals surface area contributed by atoms with E-state index in [-0.39, 0.29) is 17.9 Å². The first kappa shape index (κ1) is 24.3. The fraction of sp³-hybridized carbons (Fsp3) is 0.304. The van der Waals surface area contributed by atoms with Crippen molar-refractivity contribution >= 4 is 29.4 Å². The Morgan fingerprint density at radius 2 is 2.03 bits per heavy atom. The number of benzene rings is 1. The maximum absolute atomic E-state index is 14.3. The number of ether oxygens (including phenoxy) is 1. The van der Waals surface area contributed by atoms with Gasteiger partial charge >= 0.3 is 6.18 Å². The van der Waals surface area contributed by atoms with Crippen LogP contribution >= 0.6 is 0 Å². The highest BCUT2D eigenvalue weighted by molar-refractivity contribution is 5.78. The van der Waals surface area contributed by atoms with Crippen LogP contribution in [0.25, 0.3) is 0 Å². The Balaban J connectivity index is 1.37. The van der Waals surface area contributed by atoms with Crippen LogP contribution < -0.4 is 15.6 Å². The smallest absolute Gasteiger partial charge is 0.375 e. The van der Waals surface area contributed by atoms with E-state index < -0.39 is 17.6 Å². The molecule has 1 aliphatic heterocycles. The quantitative estimate of drug-likeness (QED) is 0.279. The Morgan fingerprint density at radius 3 is 2.77 bits per heavy atom. The van der Waals surface area contributed by atoms with Gasteiger partial charge in [0.25, 0.3) is 0 Å². The number of halogens is 4. The van der Waals surface area contributed by atoms with Crippen LogP contribution in [0.2, 0.25) is 0 Å². The maximum Gasteiger partial charge on any atom is 0.416 e. The van der Waals surface area contributed by atoms with Gasteiger partial charge in [-0.2, -0.15) is 23.3 Å². The van der Waals surface area contributed by atoms with E-state index in [1.807, 2.05) is 11.8 Å².